The predicted octanol–water partition coefficient (Wildman–Crippen LogP) is 28.5. The Morgan fingerprint density at radius 2 is 0.532 bits per heavy atom. The summed E-state index contributed by atoms with van der Waals surface area (Å²) in [7, 11) is 0. The molecule has 0 aliphatic rings. The monoisotopic (exact) mass is 1320 g/mol. The van der Waals surface area contributed by atoms with Crippen LogP contribution in [0.3, 0.4) is 0 Å². The molecule has 0 heterocycles. The molecule has 94 heavy (non-hydrogen) atoms. The Labute approximate surface area is 588 Å². The number of unbranched alkanes of at least 4 members (excludes halogenated alkanes) is 61. The molecular weight excluding hydrogens is 1150 g/mol. The Bertz CT molecular complexity index is 1620. The normalized spacial score (nSPS) is 12.8. The summed E-state index contributed by atoms with van der Waals surface area (Å²) in [5, 5.41) is 23.3. The number of carbonyl (C=O) groups is 2. The standard InChI is InChI=1S/C88H165NO5/c1-3-5-7-9-11-13-15-17-19-21-23-24-25-39-42-45-48-52-56-60-64-68-72-76-80-86(91)85(84-90)89-87(92)81-77-73-69-65-61-57-53-49-46-43-40-37-35-33-31-29-27-26-28-30-32-34-36-38-41-44-47-51-55-59-63-67-71-75-79-83-94-88(93)82-78-74-70-66-62-58-54-50-22-20-18-16-14-12-10-8-6-4-2/h14,16,20,22,28,30,34,36,76,80,85-86,90-91H,3-13,15,17-19,21,23-27,29,31-33,35,37-75,77-79,81-84H2,1-2H3,(H,89,92)/b16-14-,22-20-,30-28-,36-34-,80-76+. The lowest BCUT2D eigenvalue weighted by Gasteiger charge is -2.20. The molecule has 0 aromatic heterocycles. The first-order chi connectivity index (χ1) is 46.5. The van der Waals surface area contributed by atoms with Gasteiger partial charge in [0.15, 0.2) is 0 Å². The number of carbonyl (C=O) groups excluding carboxylic acids is 2. The second kappa shape index (κ2) is 83.0. The fraction of sp³-hybridized carbons (Fsp3) is 0.864. The summed E-state index contributed by atoms with van der Waals surface area (Å²) < 4.78 is 5.51. The van der Waals surface area contributed by atoms with Crippen LogP contribution >= 0.6 is 0 Å². The molecule has 0 aromatic carbocycles. The molecular formula is C88H165NO5. The van der Waals surface area contributed by atoms with Gasteiger partial charge in [0.25, 0.3) is 0 Å². The van der Waals surface area contributed by atoms with Gasteiger partial charge in [-0.2, -0.15) is 0 Å². The minimum Gasteiger partial charge on any atom is -0.466 e. The van der Waals surface area contributed by atoms with E-state index in [1.54, 1.807) is 6.08 Å². The number of amides is 1. The van der Waals surface area contributed by atoms with Crippen LogP contribution in [0.1, 0.15) is 463 Å². The third-order valence-electron chi connectivity index (χ3n) is 19.8. The molecule has 0 rings (SSSR count). The molecule has 0 fully saturated rings. The summed E-state index contributed by atoms with van der Waals surface area (Å²) in [4.78, 5) is 24.7. The molecule has 2 atom stereocenters. The number of allylic oxidation sites excluding steroid dienone is 9. The quantitative estimate of drug-likeness (QED) is 0.0320. The van der Waals surface area contributed by atoms with Gasteiger partial charge in [-0.25, -0.2) is 0 Å². The average molecular weight is 1320 g/mol. The minimum atomic E-state index is -0.846. The molecule has 0 aliphatic heterocycles. The fourth-order valence-corrected chi connectivity index (χ4v) is 13.3. The highest BCUT2D eigenvalue weighted by molar-refractivity contribution is 5.76. The van der Waals surface area contributed by atoms with Crippen molar-refractivity contribution in [3.8, 4) is 0 Å². The van der Waals surface area contributed by atoms with E-state index in [4.69, 9.17) is 4.74 Å². The summed E-state index contributed by atoms with van der Waals surface area (Å²) in [6.45, 7) is 4.93. The van der Waals surface area contributed by atoms with Crippen LogP contribution < -0.4 is 5.32 Å². The molecule has 0 aromatic rings. The molecule has 0 spiro atoms. The lowest BCUT2D eigenvalue weighted by Crippen LogP contribution is -2.45. The maximum absolute atomic E-state index is 12.6. The van der Waals surface area contributed by atoms with Crippen LogP contribution in [-0.4, -0.2) is 47.4 Å². The van der Waals surface area contributed by atoms with Crippen LogP contribution in [0.4, 0.5) is 0 Å². The van der Waals surface area contributed by atoms with Crippen molar-refractivity contribution in [1.82, 2.24) is 5.32 Å². The molecule has 0 saturated carbocycles. The summed E-state index contributed by atoms with van der Waals surface area (Å²) in [6.07, 6.45) is 112. The minimum absolute atomic E-state index is 0.00965. The van der Waals surface area contributed by atoms with E-state index in [2.05, 4.69) is 67.8 Å². The number of hydrogen-bond donors (Lipinski definition) is 3. The maximum Gasteiger partial charge on any atom is 0.305 e. The van der Waals surface area contributed by atoms with Gasteiger partial charge in [-0.05, 0) is 96.3 Å². The lowest BCUT2D eigenvalue weighted by molar-refractivity contribution is -0.143. The predicted molar refractivity (Wildman–Crippen MR) is 416 cm³/mol. The van der Waals surface area contributed by atoms with Crippen LogP contribution in [0.5, 0.6) is 0 Å². The Morgan fingerprint density at radius 3 is 0.819 bits per heavy atom. The zero-order valence-corrected chi connectivity index (χ0v) is 63.5. The number of aliphatic hydroxyl groups excluding tert-OH is 2. The topological polar surface area (TPSA) is 95.9 Å². The van der Waals surface area contributed by atoms with Crippen molar-refractivity contribution < 1.29 is 24.5 Å². The van der Waals surface area contributed by atoms with Crippen LogP contribution in [0, 0.1) is 0 Å². The van der Waals surface area contributed by atoms with Crippen molar-refractivity contribution in [2.24, 2.45) is 0 Å². The van der Waals surface area contributed by atoms with Crippen molar-refractivity contribution in [2.45, 2.75) is 475 Å². The number of esters is 1. The Hall–Kier alpha value is -2.44. The number of rotatable bonds is 80. The third kappa shape index (κ3) is 78.6. The summed E-state index contributed by atoms with van der Waals surface area (Å²) in [5.74, 6) is -0.0513. The smallest absolute Gasteiger partial charge is 0.305 e. The van der Waals surface area contributed by atoms with Crippen molar-refractivity contribution in [1.29, 1.82) is 0 Å². The van der Waals surface area contributed by atoms with E-state index in [0.29, 0.717) is 19.4 Å². The van der Waals surface area contributed by atoms with Crippen LogP contribution in [0.25, 0.3) is 0 Å². The van der Waals surface area contributed by atoms with Gasteiger partial charge in [0.05, 0.1) is 25.4 Å². The van der Waals surface area contributed by atoms with Gasteiger partial charge in [-0.3, -0.25) is 9.59 Å². The average Bonchev–Trinajstić information content (AvgIpc) is 3.68. The van der Waals surface area contributed by atoms with Gasteiger partial charge in [0.2, 0.25) is 5.91 Å². The summed E-state index contributed by atoms with van der Waals surface area (Å²) in [6, 6.07) is -0.629. The number of ether oxygens (including phenoxy) is 1. The Morgan fingerprint density at radius 1 is 0.298 bits per heavy atom. The molecule has 0 bridgehead atoms. The highest BCUT2D eigenvalue weighted by Crippen LogP contribution is 2.20. The number of aliphatic hydroxyl groups is 2. The number of nitrogens with one attached hydrogen (secondary N) is 1. The van der Waals surface area contributed by atoms with E-state index < -0.39 is 12.1 Å². The van der Waals surface area contributed by atoms with Gasteiger partial charge in [-0.1, -0.05) is 415 Å². The molecule has 6 heteroatoms. The first-order valence-electron chi connectivity index (χ1n) is 42.6. The SMILES string of the molecule is CCCCCC/C=C\C/C=C\CCCCCCCCCC(=O)OCCCCCCCCCCCCC/C=C\C/C=C\CCCCCCCCCCCCCCCCCCCC(=O)NC(CO)C(O)/C=C/CCCCCCCCCCCCCCCCCCCCCCCC. The number of hydrogen-bond acceptors (Lipinski definition) is 5. The van der Waals surface area contributed by atoms with Crippen molar-refractivity contribution >= 4 is 11.9 Å². The van der Waals surface area contributed by atoms with Crippen molar-refractivity contribution in [3.63, 3.8) is 0 Å². The Balaban J connectivity index is 3.40. The first-order valence-corrected chi connectivity index (χ1v) is 42.6. The van der Waals surface area contributed by atoms with Gasteiger partial charge < -0.3 is 20.3 Å². The van der Waals surface area contributed by atoms with Gasteiger partial charge in [0.1, 0.15) is 0 Å². The molecule has 2 unspecified atom stereocenters. The first kappa shape index (κ1) is 91.6. The maximum atomic E-state index is 12.6. The van der Waals surface area contributed by atoms with Gasteiger partial charge >= 0.3 is 5.97 Å². The van der Waals surface area contributed by atoms with E-state index in [0.717, 1.165) is 57.8 Å². The molecule has 3 N–H and O–H groups in total. The molecule has 6 nitrogen and oxygen atoms in total. The van der Waals surface area contributed by atoms with E-state index in [-0.39, 0.29) is 18.5 Å². The Kier molecular flexibility index (Phi) is 80.8. The zero-order valence-electron chi connectivity index (χ0n) is 63.5. The second-order valence-electron chi connectivity index (χ2n) is 29.2. The van der Waals surface area contributed by atoms with Crippen LogP contribution in [0.2, 0.25) is 0 Å². The van der Waals surface area contributed by atoms with Gasteiger partial charge in [0, 0.05) is 12.8 Å². The van der Waals surface area contributed by atoms with Crippen LogP contribution in [-0.2, 0) is 14.3 Å². The van der Waals surface area contributed by atoms with Crippen molar-refractivity contribution in [2.75, 3.05) is 13.2 Å². The van der Waals surface area contributed by atoms with E-state index in [9.17, 15) is 19.8 Å². The summed E-state index contributed by atoms with van der Waals surface area (Å²) >= 11 is 0. The lowest BCUT2D eigenvalue weighted by atomic mass is 10.0. The summed E-state index contributed by atoms with van der Waals surface area (Å²) in [5.41, 5.74) is 0. The highest BCUT2D eigenvalue weighted by atomic mass is 16.5. The van der Waals surface area contributed by atoms with Crippen molar-refractivity contribution in [3.05, 3.63) is 60.8 Å². The molecule has 0 aliphatic carbocycles. The second-order valence-corrected chi connectivity index (χ2v) is 29.2. The van der Waals surface area contributed by atoms with Crippen LogP contribution in [0.15, 0.2) is 60.8 Å². The van der Waals surface area contributed by atoms with E-state index in [1.807, 2.05) is 6.08 Å². The third-order valence-corrected chi connectivity index (χ3v) is 19.8. The van der Waals surface area contributed by atoms with Gasteiger partial charge in [-0.15, -0.1) is 0 Å². The fourth-order valence-electron chi connectivity index (χ4n) is 13.3. The molecule has 1 amide bonds. The zero-order chi connectivity index (χ0) is 67.7. The highest BCUT2D eigenvalue weighted by Gasteiger charge is 2.18. The molecule has 0 radical (unpaired) electrons. The van der Waals surface area contributed by atoms with E-state index in [1.165, 1.54) is 379 Å². The van der Waals surface area contributed by atoms with E-state index >= 15 is 0 Å². The largest absolute Gasteiger partial charge is 0.466 e. The molecule has 0 saturated heterocycles. The molecule has 552 valence electrons.